The summed E-state index contributed by atoms with van der Waals surface area (Å²) in [6.07, 6.45) is 3.26. The van der Waals surface area contributed by atoms with E-state index in [1.807, 2.05) is 13.8 Å². The van der Waals surface area contributed by atoms with Gasteiger partial charge in [-0.1, -0.05) is 13.8 Å². The molecule has 0 aliphatic rings. The molecule has 0 aliphatic heterocycles. The zero-order valence-electron chi connectivity index (χ0n) is 11.9. The lowest BCUT2D eigenvalue weighted by molar-refractivity contribution is 0.0506. The Labute approximate surface area is 119 Å². The van der Waals surface area contributed by atoms with Crippen LogP contribution >= 0.6 is 0 Å². The van der Waals surface area contributed by atoms with Crippen LogP contribution in [-0.2, 0) is 10.0 Å². The third-order valence-corrected chi connectivity index (χ3v) is 4.26. The van der Waals surface area contributed by atoms with E-state index in [0.29, 0.717) is 12.3 Å². The molecule has 20 heavy (non-hydrogen) atoms. The highest BCUT2D eigenvalue weighted by atomic mass is 32.2. The summed E-state index contributed by atoms with van der Waals surface area (Å²) in [5.41, 5.74) is -1.14. The predicted molar refractivity (Wildman–Crippen MR) is 74.1 cm³/mol. The maximum Gasteiger partial charge on any atom is 0.242 e. The summed E-state index contributed by atoms with van der Waals surface area (Å²) >= 11 is 0. The van der Waals surface area contributed by atoms with Crippen LogP contribution in [0.5, 0.6) is 0 Å². The topological polar surface area (TPSA) is 79.3 Å². The number of rotatable bonds is 7. The van der Waals surface area contributed by atoms with Crippen LogP contribution in [0.2, 0.25) is 0 Å². The highest BCUT2D eigenvalue weighted by molar-refractivity contribution is 7.89. The average molecular weight is 304 g/mol. The van der Waals surface area contributed by atoms with Crippen LogP contribution < -0.4 is 4.72 Å². The molecule has 0 amide bonds. The Morgan fingerprint density at radius 3 is 2.65 bits per heavy atom. The molecule has 1 atom stereocenters. The zero-order valence-corrected chi connectivity index (χ0v) is 12.7. The van der Waals surface area contributed by atoms with E-state index in [0.717, 1.165) is 24.9 Å². The molecule has 1 aromatic heterocycles. The van der Waals surface area contributed by atoms with Gasteiger partial charge in [0, 0.05) is 12.7 Å². The van der Waals surface area contributed by atoms with Gasteiger partial charge in [-0.25, -0.2) is 17.5 Å². The Hall–Kier alpha value is -1.05. The van der Waals surface area contributed by atoms with Crippen LogP contribution in [-0.4, -0.2) is 30.7 Å². The minimum atomic E-state index is -3.87. The zero-order chi connectivity index (χ0) is 15.4. The van der Waals surface area contributed by atoms with Gasteiger partial charge in [-0.3, -0.25) is 4.98 Å². The third kappa shape index (κ3) is 5.52. The second kappa shape index (κ2) is 6.60. The lowest BCUT2D eigenvalue weighted by atomic mass is 9.96. The van der Waals surface area contributed by atoms with Gasteiger partial charge in [0.05, 0.1) is 11.8 Å². The number of halogens is 1. The van der Waals surface area contributed by atoms with Gasteiger partial charge >= 0.3 is 0 Å². The fourth-order valence-electron chi connectivity index (χ4n) is 1.56. The molecule has 0 unspecified atom stereocenters. The molecule has 2 N–H and O–H groups in total. The van der Waals surface area contributed by atoms with Crippen molar-refractivity contribution in [3.05, 3.63) is 24.3 Å². The van der Waals surface area contributed by atoms with Crippen molar-refractivity contribution in [3.8, 4) is 0 Å². The molecule has 0 aromatic carbocycles. The fraction of sp³-hybridized carbons (Fsp3) is 0.615. The quantitative estimate of drug-likeness (QED) is 0.803. The van der Waals surface area contributed by atoms with Crippen molar-refractivity contribution in [2.24, 2.45) is 5.92 Å². The smallest absolute Gasteiger partial charge is 0.242 e. The van der Waals surface area contributed by atoms with Crippen molar-refractivity contribution in [2.45, 2.75) is 44.1 Å². The SMILES string of the molecule is CC(C)CC[C@](C)(O)CNS(=O)(=O)c1cncc(F)c1. The number of aromatic nitrogens is 1. The Balaban J connectivity index is 2.68. The predicted octanol–water partition coefficient (Wildman–Crippen LogP) is 1.69. The molecule has 0 radical (unpaired) electrons. The number of hydrogen-bond donors (Lipinski definition) is 2. The van der Waals surface area contributed by atoms with Crippen LogP contribution in [0.15, 0.2) is 23.4 Å². The van der Waals surface area contributed by atoms with Crippen molar-refractivity contribution in [1.29, 1.82) is 0 Å². The monoisotopic (exact) mass is 304 g/mol. The molecule has 0 fully saturated rings. The van der Waals surface area contributed by atoms with Crippen molar-refractivity contribution in [2.75, 3.05) is 6.54 Å². The standard InChI is InChI=1S/C13H21FN2O3S/c1-10(2)4-5-13(3,17)9-16-20(18,19)12-6-11(14)7-15-8-12/h6-8,10,16-17H,4-5,9H2,1-3H3/t13-/m0/s1. The molecule has 0 spiro atoms. The summed E-state index contributed by atoms with van der Waals surface area (Å²) in [6.45, 7) is 5.50. The summed E-state index contributed by atoms with van der Waals surface area (Å²) in [5, 5.41) is 10.1. The van der Waals surface area contributed by atoms with Gasteiger partial charge in [0.1, 0.15) is 10.7 Å². The fourth-order valence-corrected chi connectivity index (χ4v) is 2.70. The normalized spacial score (nSPS) is 15.3. The first-order valence-corrected chi connectivity index (χ1v) is 7.93. The Kier molecular flexibility index (Phi) is 5.61. The summed E-state index contributed by atoms with van der Waals surface area (Å²) in [5.74, 6) is -0.301. The van der Waals surface area contributed by atoms with E-state index in [9.17, 15) is 17.9 Å². The highest BCUT2D eigenvalue weighted by Crippen LogP contribution is 2.17. The van der Waals surface area contributed by atoms with Gasteiger partial charge < -0.3 is 5.11 Å². The summed E-state index contributed by atoms with van der Waals surface area (Å²) in [7, 11) is -3.87. The largest absolute Gasteiger partial charge is 0.389 e. The molecule has 1 heterocycles. The highest BCUT2D eigenvalue weighted by Gasteiger charge is 2.24. The minimum Gasteiger partial charge on any atom is -0.389 e. The number of sulfonamides is 1. The molecular formula is C13H21FN2O3S. The number of nitrogens with one attached hydrogen (secondary N) is 1. The Morgan fingerprint density at radius 1 is 1.45 bits per heavy atom. The van der Waals surface area contributed by atoms with Crippen LogP contribution in [0.1, 0.15) is 33.6 Å². The van der Waals surface area contributed by atoms with E-state index in [2.05, 4.69) is 9.71 Å². The van der Waals surface area contributed by atoms with Crippen molar-refractivity contribution < 1.29 is 17.9 Å². The minimum absolute atomic E-state index is 0.126. The molecule has 0 saturated heterocycles. The number of aliphatic hydroxyl groups is 1. The van der Waals surface area contributed by atoms with Crippen molar-refractivity contribution in [3.63, 3.8) is 0 Å². The number of nitrogens with zero attached hydrogens (tertiary/aromatic N) is 1. The summed E-state index contributed by atoms with van der Waals surface area (Å²) in [6, 6.07) is 0.887. The van der Waals surface area contributed by atoms with E-state index in [4.69, 9.17) is 0 Å². The van der Waals surface area contributed by atoms with Crippen molar-refractivity contribution >= 4 is 10.0 Å². The molecule has 0 aliphatic carbocycles. The molecule has 0 bridgehead atoms. The van der Waals surface area contributed by atoms with Crippen LogP contribution in [0.3, 0.4) is 0 Å². The Morgan fingerprint density at radius 2 is 2.10 bits per heavy atom. The van der Waals surface area contributed by atoms with Gasteiger partial charge in [0.2, 0.25) is 10.0 Å². The lowest BCUT2D eigenvalue weighted by Crippen LogP contribution is -2.40. The van der Waals surface area contributed by atoms with Crippen LogP contribution in [0.4, 0.5) is 4.39 Å². The van der Waals surface area contributed by atoms with E-state index in [1.54, 1.807) is 6.92 Å². The van der Waals surface area contributed by atoms with Gasteiger partial charge in [-0.15, -0.1) is 0 Å². The van der Waals surface area contributed by atoms with E-state index in [1.165, 1.54) is 0 Å². The first-order valence-electron chi connectivity index (χ1n) is 6.45. The molecule has 1 aromatic rings. The van der Waals surface area contributed by atoms with E-state index < -0.39 is 21.4 Å². The maximum atomic E-state index is 13.0. The molecule has 7 heteroatoms. The second-order valence-electron chi connectivity index (χ2n) is 5.59. The molecule has 0 saturated carbocycles. The lowest BCUT2D eigenvalue weighted by Gasteiger charge is -2.24. The first-order chi connectivity index (χ1) is 9.12. The molecule has 5 nitrogen and oxygen atoms in total. The molecule has 1 rings (SSSR count). The number of hydrogen-bond acceptors (Lipinski definition) is 4. The first kappa shape index (κ1) is 17.0. The van der Waals surface area contributed by atoms with Gasteiger partial charge in [-0.2, -0.15) is 0 Å². The van der Waals surface area contributed by atoms with Crippen molar-refractivity contribution in [1.82, 2.24) is 9.71 Å². The average Bonchev–Trinajstić information content (AvgIpc) is 2.35. The Bertz CT molecular complexity index is 544. The molecular weight excluding hydrogens is 283 g/mol. The summed E-state index contributed by atoms with van der Waals surface area (Å²) in [4.78, 5) is 3.25. The van der Waals surface area contributed by atoms with Gasteiger partial charge in [0.15, 0.2) is 0 Å². The summed E-state index contributed by atoms with van der Waals surface area (Å²) < 4.78 is 39.1. The second-order valence-corrected chi connectivity index (χ2v) is 7.36. The van der Waals surface area contributed by atoms with Crippen LogP contribution in [0.25, 0.3) is 0 Å². The van der Waals surface area contributed by atoms with Gasteiger partial charge in [-0.05, 0) is 31.7 Å². The maximum absolute atomic E-state index is 13.0. The van der Waals surface area contributed by atoms with Gasteiger partial charge in [0.25, 0.3) is 0 Å². The number of pyridine rings is 1. The third-order valence-electron chi connectivity index (χ3n) is 2.89. The van der Waals surface area contributed by atoms with E-state index >= 15 is 0 Å². The molecule has 114 valence electrons. The van der Waals surface area contributed by atoms with Crippen LogP contribution in [0, 0.1) is 11.7 Å². The van der Waals surface area contributed by atoms with E-state index in [-0.39, 0.29) is 11.4 Å².